The number of benzene rings is 1. The lowest BCUT2D eigenvalue weighted by atomic mass is 10.2. The summed E-state index contributed by atoms with van der Waals surface area (Å²) >= 11 is 7.69. The number of aryl methyl sites for hydroxylation is 1. The van der Waals surface area contributed by atoms with Crippen molar-refractivity contribution in [3.63, 3.8) is 0 Å². The van der Waals surface area contributed by atoms with Crippen LogP contribution in [0.5, 0.6) is 0 Å². The van der Waals surface area contributed by atoms with Crippen LogP contribution in [0.3, 0.4) is 0 Å². The van der Waals surface area contributed by atoms with E-state index in [2.05, 4.69) is 15.5 Å². The van der Waals surface area contributed by atoms with Gasteiger partial charge in [0.1, 0.15) is 5.82 Å². The molecule has 0 atom stereocenters. The van der Waals surface area contributed by atoms with Crippen molar-refractivity contribution in [3.05, 3.63) is 77.8 Å². The fourth-order valence-electron chi connectivity index (χ4n) is 3.05. The zero-order chi connectivity index (χ0) is 21.4. The Hall–Kier alpha value is -3.24. The zero-order valence-corrected chi connectivity index (χ0v) is 17.5. The molecule has 0 bridgehead atoms. The third-order valence-corrected chi connectivity index (χ3v) is 5.79. The van der Waals surface area contributed by atoms with Gasteiger partial charge in [-0.1, -0.05) is 23.7 Å². The first-order valence-corrected chi connectivity index (χ1v) is 10.1. The zero-order valence-electron chi connectivity index (χ0n) is 16.0. The predicted molar refractivity (Wildman–Crippen MR) is 116 cm³/mol. The molecule has 1 aromatic carbocycles. The van der Waals surface area contributed by atoms with Crippen LogP contribution in [-0.4, -0.2) is 24.9 Å². The molecule has 11 heteroatoms. The summed E-state index contributed by atoms with van der Waals surface area (Å²) in [6.07, 6.45) is 1.60. The molecule has 4 aromatic rings. The van der Waals surface area contributed by atoms with Crippen molar-refractivity contribution in [1.82, 2.24) is 18.7 Å². The summed E-state index contributed by atoms with van der Waals surface area (Å²) in [6, 6.07) is 8.13. The van der Waals surface area contributed by atoms with Gasteiger partial charge in [0.25, 0.3) is 5.56 Å². The Balaban J connectivity index is 1.90. The van der Waals surface area contributed by atoms with E-state index in [9.17, 15) is 14.0 Å². The second-order valence-electron chi connectivity index (χ2n) is 6.49. The van der Waals surface area contributed by atoms with Gasteiger partial charge in [0.15, 0.2) is 11.2 Å². The van der Waals surface area contributed by atoms with E-state index in [0.717, 1.165) is 9.44 Å². The molecule has 0 aliphatic heterocycles. The van der Waals surface area contributed by atoms with Crippen LogP contribution in [0.2, 0.25) is 5.02 Å². The Bertz CT molecular complexity index is 1370. The number of thiophene rings is 1. The molecule has 154 valence electrons. The molecule has 0 spiro atoms. The van der Waals surface area contributed by atoms with Crippen LogP contribution in [0.25, 0.3) is 11.2 Å². The molecule has 8 nitrogen and oxygen atoms in total. The number of rotatable bonds is 5. The smallest absolute Gasteiger partial charge is 0.298 e. The normalized spacial score (nSPS) is 11.6. The molecule has 0 amide bonds. The lowest BCUT2D eigenvalue weighted by Crippen LogP contribution is -2.37. The maximum atomic E-state index is 14.4. The quantitative estimate of drug-likeness (QED) is 0.377. The highest BCUT2D eigenvalue weighted by Crippen LogP contribution is 2.24. The number of fused-ring (bicyclic) bond motifs is 1. The minimum absolute atomic E-state index is 0.0771. The summed E-state index contributed by atoms with van der Waals surface area (Å²) in [4.78, 5) is 30.4. The Morgan fingerprint density at radius 2 is 2.03 bits per heavy atom. The van der Waals surface area contributed by atoms with Crippen LogP contribution in [0.4, 0.5) is 10.3 Å². The van der Waals surface area contributed by atoms with Crippen molar-refractivity contribution in [3.8, 4) is 0 Å². The SMILES string of the molecule is Cn1c(=O)c2c(nc(NN=Cc3cccs3)n2Cc2c(F)cccc2Cl)n(C)c1=O. The van der Waals surface area contributed by atoms with Crippen LogP contribution < -0.4 is 16.7 Å². The summed E-state index contributed by atoms with van der Waals surface area (Å²) in [5.74, 6) is -0.338. The van der Waals surface area contributed by atoms with Gasteiger partial charge >= 0.3 is 5.69 Å². The molecule has 4 rings (SSSR count). The number of aromatic nitrogens is 4. The first kappa shape index (κ1) is 20.0. The Labute approximate surface area is 178 Å². The maximum absolute atomic E-state index is 14.4. The standard InChI is InChI=1S/C19H16ClFN6O2S/c1-25-16-15(17(28)26(2)19(25)29)27(10-12-13(20)6-3-7-14(12)21)18(23-16)24-22-9-11-5-4-8-30-11/h3-9H,10H2,1-2H3,(H,23,24). The van der Waals surface area contributed by atoms with Crippen LogP contribution >= 0.6 is 22.9 Å². The molecule has 0 saturated carbocycles. The molecule has 0 fully saturated rings. The number of anilines is 1. The van der Waals surface area contributed by atoms with Gasteiger partial charge < -0.3 is 0 Å². The average Bonchev–Trinajstić information content (AvgIpc) is 3.36. The third-order valence-electron chi connectivity index (χ3n) is 4.63. The minimum atomic E-state index is -0.552. The van der Waals surface area contributed by atoms with Gasteiger partial charge in [0, 0.05) is 29.6 Å². The predicted octanol–water partition coefficient (Wildman–Crippen LogP) is 2.78. The highest BCUT2D eigenvalue weighted by molar-refractivity contribution is 7.11. The second kappa shape index (κ2) is 7.88. The van der Waals surface area contributed by atoms with Crippen molar-refractivity contribution in [2.75, 3.05) is 5.43 Å². The Morgan fingerprint density at radius 3 is 2.73 bits per heavy atom. The van der Waals surface area contributed by atoms with Gasteiger partial charge in [-0.3, -0.25) is 18.5 Å². The largest absolute Gasteiger partial charge is 0.332 e. The number of halogens is 2. The van der Waals surface area contributed by atoms with Crippen molar-refractivity contribution < 1.29 is 4.39 Å². The van der Waals surface area contributed by atoms with E-state index < -0.39 is 17.1 Å². The van der Waals surface area contributed by atoms with E-state index in [1.54, 1.807) is 12.3 Å². The molecule has 3 aromatic heterocycles. The molecule has 0 saturated heterocycles. The average molecular weight is 447 g/mol. The highest BCUT2D eigenvalue weighted by Gasteiger charge is 2.21. The first-order valence-electron chi connectivity index (χ1n) is 8.80. The van der Waals surface area contributed by atoms with Crippen LogP contribution in [-0.2, 0) is 20.6 Å². The van der Waals surface area contributed by atoms with E-state index in [0.29, 0.717) is 0 Å². The molecular formula is C19H16ClFN6O2S. The van der Waals surface area contributed by atoms with Crippen LogP contribution in [0.1, 0.15) is 10.4 Å². The summed E-state index contributed by atoms with van der Waals surface area (Å²) in [7, 11) is 2.88. The van der Waals surface area contributed by atoms with E-state index >= 15 is 0 Å². The number of nitrogens with one attached hydrogen (secondary N) is 1. The lowest BCUT2D eigenvalue weighted by molar-refractivity contribution is 0.601. The fourth-order valence-corrected chi connectivity index (χ4v) is 3.85. The highest BCUT2D eigenvalue weighted by atomic mass is 35.5. The summed E-state index contributed by atoms with van der Waals surface area (Å²) in [6.45, 7) is -0.0771. The molecule has 30 heavy (non-hydrogen) atoms. The monoisotopic (exact) mass is 446 g/mol. The second-order valence-corrected chi connectivity index (χ2v) is 7.87. The van der Waals surface area contributed by atoms with Gasteiger partial charge in [-0.25, -0.2) is 14.6 Å². The molecule has 3 heterocycles. The van der Waals surface area contributed by atoms with Crippen molar-refractivity contribution in [1.29, 1.82) is 0 Å². The lowest BCUT2D eigenvalue weighted by Gasteiger charge is -2.11. The van der Waals surface area contributed by atoms with E-state index in [4.69, 9.17) is 11.6 Å². The van der Waals surface area contributed by atoms with E-state index in [-0.39, 0.29) is 34.2 Å². The van der Waals surface area contributed by atoms with Crippen molar-refractivity contribution >= 4 is 46.3 Å². The fraction of sp³-hybridized carbons (Fsp3) is 0.158. The minimum Gasteiger partial charge on any atom is -0.298 e. The van der Waals surface area contributed by atoms with Crippen LogP contribution in [0, 0.1) is 5.82 Å². The topological polar surface area (TPSA) is 86.2 Å². The van der Waals surface area contributed by atoms with Gasteiger partial charge in [-0.15, -0.1) is 11.3 Å². The van der Waals surface area contributed by atoms with Gasteiger partial charge in [0.05, 0.1) is 12.8 Å². The van der Waals surface area contributed by atoms with Crippen LogP contribution in [0.15, 0.2) is 50.4 Å². The summed E-state index contributed by atoms with van der Waals surface area (Å²) < 4.78 is 18.1. The van der Waals surface area contributed by atoms with E-state index in [1.165, 1.54) is 46.7 Å². The van der Waals surface area contributed by atoms with E-state index in [1.807, 2.05) is 17.5 Å². The Kier molecular flexibility index (Phi) is 5.27. The molecule has 1 N–H and O–H groups in total. The number of hydrogen-bond acceptors (Lipinski definition) is 6. The number of nitrogens with zero attached hydrogens (tertiary/aromatic N) is 5. The Morgan fingerprint density at radius 1 is 1.23 bits per heavy atom. The number of hydrogen-bond donors (Lipinski definition) is 1. The van der Waals surface area contributed by atoms with Gasteiger partial charge in [0.2, 0.25) is 5.95 Å². The maximum Gasteiger partial charge on any atom is 0.332 e. The molecule has 0 aliphatic rings. The summed E-state index contributed by atoms with van der Waals surface area (Å²) in [5.41, 5.74) is 2.20. The third kappa shape index (κ3) is 3.44. The van der Waals surface area contributed by atoms with Gasteiger partial charge in [-0.2, -0.15) is 10.1 Å². The molecule has 0 aliphatic carbocycles. The van der Waals surface area contributed by atoms with Crippen molar-refractivity contribution in [2.24, 2.45) is 19.2 Å². The summed E-state index contributed by atoms with van der Waals surface area (Å²) in [5, 5.41) is 6.29. The number of hydrazone groups is 1. The van der Waals surface area contributed by atoms with Crippen molar-refractivity contribution in [2.45, 2.75) is 6.54 Å². The number of imidazole rings is 1. The molecule has 0 radical (unpaired) electrons. The first-order chi connectivity index (χ1) is 14.4. The van der Waals surface area contributed by atoms with Gasteiger partial charge in [-0.05, 0) is 23.6 Å². The molecular weight excluding hydrogens is 431 g/mol. The molecule has 0 unspecified atom stereocenters.